The molecule has 1 aromatic rings. The van der Waals surface area contributed by atoms with Crippen molar-refractivity contribution in [3.8, 4) is 0 Å². The van der Waals surface area contributed by atoms with Crippen molar-refractivity contribution >= 4 is 21.8 Å². The average molecular weight is 345 g/mol. The van der Waals surface area contributed by atoms with Gasteiger partial charge in [-0.3, -0.25) is 14.3 Å². The number of nitrogens with one attached hydrogen (secondary N) is 2. The SMILES string of the molecule is CCNCc1nc(C)c(C(=O)NCCS(=O)(=O)O)nc1N(C)C. The lowest BCUT2D eigenvalue weighted by Gasteiger charge is -2.18. The summed E-state index contributed by atoms with van der Waals surface area (Å²) in [6, 6.07) is 0. The van der Waals surface area contributed by atoms with Gasteiger partial charge >= 0.3 is 0 Å². The maximum Gasteiger partial charge on any atom is 0.271 e. The molecule has 0 radical (unpaired) electrons. The fourth-order valence-electron chi connectivity index (χ4n) is 1.87. The van der Waals surface area contributed by atoms with Crippen LogP contribution >= 0.6 is 0 Å². The van der Waals surface area contributed by atoms with E-state index >= 15 is 0 Å². The van der Waals surface area contributed by atoms with Gasteiger partial charge in [-0.15, -0.1) is 0 Å². The van der Waals surface area contributed by atoms with Crippen molar-refractivity contribution in [2.75, 3.05) is 37.8 Å². The lowest BCUT2D eigenvalue weighted by Crippen LogP contribution is -2.31. The zero-order chi connectivity index (χ0) is 17.6. The van der Waals surface area contributed by atoms with E-state index in [-0.39, 0.29) is 12.2 Å². The quantitative estimate of drug-likeness (QED) is 0.543. The van der Waals surface area contributed by atoms with Crippen LogP contribution in [0.5, 0.6) is 0 Å². The van der Waals surface area contributed by atoms with E-state index in [4.69, 9.17) is 4.55 Å². The highest BCUT2D eigenvalue weighted by atomic mass is 32.2. The van der Waals surface area contributed by atoms with Gasteiger partial charge in [-0.2, -0.15) is 8.42 Å². The second-order valence-electron chi connectivity index (χ2n) is 5.14. The first-order valence-electron chi connectivity index (χ1n) is 7.14. The maximum absolute atomic E-state index is 12.1. The smallest absolute Gasteiger partial charge is 0.271 e. The Hall–Kier alpha value is -1.78. The van der Waals surface area contributed by atoms with Crippen LogP contribution in [0.15, 0.2) is 0 Å². The number of aromatic nitrogens is 2. The van der Waals surface area contributed by atoms with E-state index in [0.717, 1.165) is 12.2 Å². The lowest BCUT2D eigenvalue weighted by molar-refractivity contribution is 0.0950. The number of aryl methyl sites for hydroxylation is 1. The van der Waals surface area contributed by atoms with Gasteiger partial charge in [0, 0.05) is 27.2 Å². The van der Waals surface area contributed by atoms with E-state index in [1.165, 1.54) is 0 Å². The van der Waals surface area contributed by atoms with Gasteiger partial charge in [0.2, 0.25) is 0 Å². The molecule has 0 fully saturated rings. The van der Waals surface area contributed by atoms with Gasteiger partial charge in [0.25, 0.3) is 16.0 Å². The van der Waals surface area contributed by atoms with Crippen LogP contribution in [0.1, 0.15) is 28.8 Å². The predicted octanol–water partition coefficient (Wildman–Crippen LogP) is -0.422. The molecule has 130 valence electrons. The molecule has 1 heterocycles. The lowest BCUT2D eigenvalue weighted by atomic mass is 10.2. The predicted molar refractivity (Wildman–Crippen MR) is 87.2 cm³/mol. The minimum Gasteiger partial charge on any atom is -0.361 e. The molecule has 0 spiro atoms. The molecule has 0 aliphatic rings. The van der Waals surface area contributed by atoms with Crippen LogP contribution in [-0.4, -0.2) is 61.8 Å². The van der Waals surface area contributed by atoms with Crippen molar-refractivity contribution in [3.05, 3.63) is 17.1 Å². The van der Waals surface area contributed by atoms with E-state index in [2.05, 4.69) is 20.6 Å². The third-order valence-corrected chi connectivity index (χ3v) is 3.67. The fraction of sp³-hybridized carbons (Fsp3) is 0.615. The van der Waals surface area contributed by atoms with Crippen LogP contribution < -0.4 is 15.5 Å². The minimum absolute atomic E-state index is 0.129. The Bertz CT molecular complexity index is 661. The van der Waals surface area contributed by atoms with Crippen molar-refractivity contribution in [2.24, 2.45) is 0 Å². The Labute approximate surface area is 136 Å². The van der Waals surface area contributed by atoms with E-state index in [1.54, 1.807) is 25.9 Å². The second kappa shape index (κ2) is 8.18. The van der Waals surface area contributed by atoms with Gasteiger partial charge in [0.05, 0.1) is 17.1 Å². The van der Waals surface area contributed by atoms with Gasteiger partial charge in [-0.25, -0.2) is 4.98 Å². The third-order valence-electron chi connectivity index (χ3n) is 2.95. The van der Waals surface area contributed by atoms with Gasteiger partial charge in [0.15, 0.2) is 11.5 Å². The number of nitrogens with zero attached hydrogens (tertiary/aromatic N) is 3. The van der Waals surface area contributed by atoms with E-state index in [0.29, 0.717) is 18.1 Å². The van der Waals surface area contributed by atoms with Gasteiger partial charge in [-0.1, -0.05) is 6.92 Å². The van der Waals surface area contributed by atoms with Crippen molar-refractivity contribution in [1.29, 1.82) is 0 Å². The van der Waals surface area contributed by atoms with Crippen molar-refractivity contribution in [2.45, 2.75) is 20.4 Å². The Balaban J connectivity index is 2.98. The summed E-state index contributed by atoms with van der Waals surface area (Å²) in [5, 5.41) is 5.57. The molecule has 1 aromatic heterocycles. The topological polar surface area (TPSA) is 125 Å². The zero-order valence-electron chi connectivity index (χ0n) is 13.8. The summed E-state index contributed by atoms with van der Waals surface area (Å²) in [5.74, 6) is -0.516. The van der Waals surface area contributed by atoms with Crippen LogP contribution in [-0.2, 0) is 16.7 Å². The molecule has 0 saturated carbocycles. The molecule has 23 heavy (non-hydrogen) atoms. The molecule has 1 amide bonds. The first kappa shape index (κ1) is 19.3. The van der Waals surface area contributed by atoms with Crippen molar-refractivity contribution in [3.63, 3.8) is 0 Å². The number of amides is 1. The van der Waals surface area contributed by atoms with Crippen LogP contribution in [0, 0.1) is 6.92 Å². The van der Waals surface area contributed by atoms with Gasteiger partial charge in [0.1, 0.15) is 0 Å². The molecule has 0 atom stereocenters. The Morgan fingerprint density at radius 1 is 1.30 bits per heavy atom. The Kier molecular flexibility index (Phi) is 6.85. The summed E-state index contributed by atoms with van der Waals surface area (Å²) in [4.78, 5) is 22.6. The highest BCUT2D eigenvalue weighted by molar-refractivity contribution is 7.85. The second-order valence-corrected chi connectivity index (χ2v) is 6.72. The molecule has 0 unspecified atom stereocenters. The summed E-state index contributed by atoms with van der Waals surface area (Å²) in [6.45, 7) is 4.76. The third kappa shape index (κ3) is 6.08. The molecule has 0 bridgehead atoms. The molecule has 0 saturated heterocycles. The molecule has 0 aliphatic heterocycles. The number of carbonyl (C=O) groups is 1. The number of hydrogen-bond donors (Lipinski definition) is 3. The molecule has 1 rings (SSSR count). The molecule has 9 nitrogen and oxygen atoms in total. The number of anilines is 1. The normalized spacial score (nSPS) is 11.3. The fourth-order valence-corrected chi connectivity index (χ4v) is 2.23. The summed E-state index contributed by atoms with van der Waals surface area (Å²) in [7, 11) is -0.517. The van der Waals surface area contributed by atoms with Gasteiger partial charge in [-0.05, 0) is 13.5 Å². The maximum atomic E-state index is 12.1. The van der Waals surface area contributed by atoms with Crippen molar-refractivity contribution in [1.82, 2.24) is 20.6 Å². The number of carbonyl (C=O) groups excluding carboxylic acids is 1. The Morgan fingerprint density at radius 2 is 1.96 bits per heavy atom. The van der Waals surface area contributed by atoms with Crippen LogP contribution in [0.4, 0.5) is 5.82 Å². The van der Waals surface area contributed by atoms with E-state index in [9.17, 15) is 13.2 Å². The molecule has 3 N–H and O–H groups in total. The molecule has 10 heteroatoms. The summed E-state index contributed by atoms with van der Waals surface area (Å²) >= 11 is 0. The first-order valence-corrected chi connectivity index (χ1v) is 8.75. The number of hydrogen-bond acceptors (Lipinski definition) is 7. The molecule has 0 aromatic carbocycles. The number of rotatable bonds is 8. The Morgan fingerprint density at radius 3 is 2.48 bits per heavy atom. The summed E-state index contributed by atoms with van der Waals surface area (Å²) in [6.07, 6.45) is 0. The standard InChI is InChI=1S/C13H23N5O4S/c1-5-14-8-10-12(18(3)4)17-11(9(2)16-10)13(19)15-6-7-23(20,21)22/h14H,5-8H2,1-4H3,(H,15,19)(H,20,21,22). The van der Waals surface area contributed by atoms with Crippen LogP contribution in [0.2, 0.25) is 0 Å². The minimum atomic E-state index is -4.12. The van der Waals surface area contributed by atoms with Gasteiger partial charge < -0.3 is 15.5 Å². The first-order chi connectivity index (χ1) is 10.7. The monoisotopic (exact) mass is 345 g/mol. The zero-order valence-corrected chi connectivity index (χ0v) is 14.6. The molecular weight excluding hydrogens is 322 g/mol. The molecule has 0 aliphatic carbocycles. The van der Waals surface area contributed by atoms with Crippen LogP contribution in [0.25, 0.3) is 0 Å². The largest absolute Gasteiger partial charge is 0.361 e. The van der Waals surface area contributed by atoms with E-state index < -0.39 is 21.8 Å². The van der Waals surface area contributed by atoms with E-state index in [1.807, 2.05) is 6.92 Å². The van der Waals surface area contributed by atoms with Crippen molar-refractivity contribution < 1.29 is 17.8 Å². The summed E-state index contributed by atoms with van der Waals surface area (Å²) in [5.41, 5.74) is 1.31. The molecular formula is C13H23N5O4S. The highest BCUT2D eigenvalue weighted by Crippen LogP contribution is 2.16. The highest BCUT2D eigenvalue weighted by Gasteiger charge is 2.18. The average Bonchev–Trinajstić information content (AvgIpc) is 2.43. The van der Waals surface area contributed by atoms with Crippen LogP contribution in [0.3, 0.4) is 0 Å². The summed E-state index contributed by atoms with van der Waals surface area (Å²) < 4.78 is 30.0.